The van der Waals surface area contributed by atoms with E-state index < -0.39 is 0 Å². The molecule has 4 atom stereocenters. The standard InChI is InChI=1S/C19H22O2.2C18H18O2.2C6H6O.11C2H6/c1-19(16-6-10-18(21)11-7-16)12-2-3-15(13-19)14-4-8-17(20)9-5-14;2*19-17-8-4-13(5-9-17)15-2-1-3-16(12-15)14-6-10-18(20)11-7-14;2*7-6-4-2-1-3-5-6;11*1-2/h4-11,15,20-21H,2-3,12-13H2,1H3;4-12,15,19-20H,1-3H2;2,4-11,16,19-20H,1,3,12H2;2*1-5,7H;11*1-2H3. The van der Waals surface area contributed by atoms with Crippen LogP contribution in [0.15, 0.2) is 218 Å². The van der Waals surface area contributed by atoms with Crippen LogP contribution < -0.4 is 0 Å². The van der Waals surface area contributed by atoms with E-state index in [4.69, 9.17) is 10.2 Å². The van der Waals surface area contributed by atoms with Crippen molar-refractivity contribution in [2.75, 3.05) is 0 Å². The van der Waals surface area contributed by atoms with Crippen LogP contribution in [0, 0.1) is 0 Å². The van der Waals surface area contributed by atoms with Gasteiger partial charge in [-0.3, -0.25) is 0 Å². The molecule has 8 aromatic carbocycles. The van der Waals surface area contributed by atoms with Gasteiger partial charge < -0.3 is 40.9 Å². The third-order valence-corrected chi connectivity index (χ3v) is 14.3. The molecule has 0 amide bonds. The molecular weight excluding hydrogens is 1200 g/mol. The van der Waals surface area contributed by atoms with E-state index in [0.29, 0.717) is 63.7 Å². The second kappa shape index (κ2) is 65.0. The predicted molar refractivity (Wildman–Crippen MR) is 427 cm³/mol. The van der Waals surface area contributed by atoms with Crippen molar-refractivity contribution in [2.45, 2.75) is 247 Å². The van der Waals surface area contributed by atoms with Gasteiger partial charge in [-0.2, -0.15) is 0 Å². The van der Waals surface area contributed by atoms with E-state index >= 15 is 0 Å². The highest BCUT2D eigenvalue weighted by Crippen LogP contribution is 2.46. The molecule has 1 fully saturated rings. The van der Waals surface area contributed by atoms with Gasteiger partial charge in [0.25, 0.3) is 0 Å². The van der Waals surface area contributed by atoms with Gasteiger partial charge in [0.2, 0.25) is 0 Å². The molecule has 8 heteroatoms. The average molecular weight is 1330 g/mol. The van der Waals surface area contributed by atoms with Crippen LogP contribution in [0.25, 0.3) is 11.1 Å². The van der Waals surface area contributed by atoms with E-state index in [0.717, 1.165) is 44.9 Å². The maximum atomic E-state index is 9.47. The summed E-state index contributed by atoms with van der Waals surface area (Å²) in [6.07, 6.45) is 16.0. The molecular formula is C89H136O8. The first-order chi connectivity index (χ1) is 47.3. The fourth-order valence-corrected chi connectivity index (χ4v) is 10.2. The molecule has 4 unspecified atom stereocenters. The van der Waals surface area contributed by atoms with Crippen molar-refractivity contribution in [1.29, 1.82) is 0 Å². The SMILES string of the molecule is CC.CC.CC.CC.CC.CC.CC.CC.CC.CC.CC.CC1(c2ccc(O)cc2)CCCC(c2ccc(O)cc2)C1.Oc1ccc(C2=CC(c3ccc(O)cc3)CCC2)cc1.Oc1ccc(C2=CCCC(c3ccc(O)cc3)C2)cc1.Oc1ccccc1.Oc1ccccc1. The molecule has 97 heavy (non-hydrogen) atoms. The van der Waals surface area contributed by atoms with Gasteiger partial charge in [0.1, 0.15) is 46.0 Å². The molecule has 1 saturated carbocycles. The molecule has 11 rings (SSSR count). The van der Waals surface area contributed by atoms with Crippen molar-refractivity contribution in [1.82, 2.24) is 0 Å². The van der Waals surface area contributed by atoms with Crippen LogP contribution in [0.1, 0.15) is 275 Å². The fourth-order valence-electron chi connectivity index (χ4n) is 10.2. The number of rotatable bonds is 6. The maximum absolute atomic E-state index is 9.47. The number of para-hydroxylation sites is 2. The average Bonchev–Trinajstić information content (AvgIpc) is 0.817. The number of hydrogen-bond acceptors (Lipinski definition) is 8. The van der Waals surface area contributed by atoms with Crippen LogP contribution in [-0.2, 0) is 5.41 Å². The van der Waals surface area contributed by atoms with E-state index in [1.165, 1.54) is 63.8 Å². The Morgan fingerprint density at radius 1 is 0.299 bits per heavy atom. The molecule has 0 radical (unpaired) electrons. The van der Waals surface area contributed by atoms with Crippen molar-refractivity contribution in [3.05, 3.63) is 252 Å². The van der Waals surface area contributed by atoms with Gasteiger partial charge >= 0.3 is 0 Å². The quantitative estimate of drug-likeness (QED) is 0.0816. The summed E-state index contributed by atoms with van der Waals surface area (Å²) in [4.78, 5) is 0. The van der Waals surface area contributed by atoms with Gasteiger partial charge in [0, 0.05) is 5.92 Å². The Morgan fingerprint density at radius 3 is 0.959 bits per heavy atom. The zero-order valence-electron chi connectivity index (χ0n) is 64.7. The lowest BCUT2D eigenvalue weighted by molar-refractivity contribution is 0.287. The first-order valence-corrected chi connectivity index (χ1v) is 36.9. The van der Waals surface area contributed by atoms with E-state index in [2.05, 4.69) is 31.2 Å². The molecule has 0 bridgehead atoms. The number of phenols is 8. The van der Waals surface area contributed by atoms with Gasteiger partial charge in [0.15, 0.2) is 0 Å². The minimum atomic E-state index is 0.161. The zero-order valence-corrected chi connectivity index (χ0v) is 64.7. The van der Waals surface area contributed by atoms with E-state index in [1.54, 1.807) is 121 Å². The number of benzene rings is 8. The van der Waals surface area contributed by atoms with E-state index in [9.17, 15) is 30.6 Å². The first kappa shape index (κ1) is 97.3. The molecule has 3 aliphatic carbocycles. The molecule has 0 aromatic heterocycles. The van der Waals surface area contributed by atoms with Gasteiger partial charge in [-0.15, -0.1) is 0 Å². The van der Waals surface area contributed by atoms with Crippen LogP contribution in [0.2, 0.25) is 0 Å². The largest absolute Gasteiger partial charge is 0.508 e. The van der Waals surface area contributed by atoms with Gasteiger partial charge in [-0.1, -0.05) is 287 Å². The number of phenolic OH excluding ortho intramolecular Hbond substituents is 8. The highest BCUT2D eigenvalue weighted by molar-refractivity contribution is 5.69. The Morgan fingerprint density at radius 2 is 0.608 bits per heavy atom. The van der Waals surface area contributed by atoms with Crippen molar-refractivity contribution >= 4 is 11.1 Å². The Kier molecular flexibility index (Phi) is 65.2. The lowest BCUT2D eigenvalue weighted by Gasteiger charge is -2.39. The summed E-state index contributed by atoms with van der Waals surface area (Å²) in [6.45, 7) is 46.3. The predicted octanol–water partition coefficient (Wildman–Crippen LogP) is 27.7. The Bertz CT molecular complexity index is 2950. The summed E-state index contributed by atoms with van der Waals surface area (Å²) in [5.74, 6) is 4.00. The molecule has 0 aliphatic heterocycles. The third kappa shape index (κ3) is 40.7. The molecule has 8 aromatic rings. The topological polar surface area (TPSA) is 162 Å². The summed E-state index contributed by atoms with van der Waals surface area (Å²) in [6, 6.07) is 62.6. The Balaban J connectivity index is -0.000000351. The van der Waals surface area contributed by atoms with Gasteiger partial charge in [-0.05, 0) is 217 Å². The minimum Gasteiger partial charge on any atom is -0.508 e. The molecule has 3 aliphatic rings. The highest BCUT2D eigenvalue weighted by atomic mass is 16.3. The van der Waals surface area contributed by atoms with Crippen LogP contribution in [0.4, 0.5) is 0 Å². The van der Waals surface area contributed by atoms with E-state index in [-0.39, 0.29) is 5.41 Å². The minimum absolute atomic E-state index is 0.161. The second-order valence-electron chi connectivity index (χ2n) is 19.8. The summed E-state index contributed by atoms with van der Waals surface area (Å²) in [5, 5.41) is 73.7. The normalized spacial score (nSPS) is 15.1. The molecule has 0 heterocycles. The Labute approximate surface area is 593 Å². The summed E-state index contributed by atoms with van der Waals surface area (Å²) >= 11 is 0. The lowest BCUT2D eigenvalue weighted by atomic mass is 9.66. The van der Waals surface area contributed by atoms with Crippen LogP contribution in [-0.4, -0.2) is 40.9 Å². The summed E-state index contributed by atoms with van der Waals surface area (Å²) < 4.78 is 0. The monoisotopic (exact) mass is 1330 g/mol. The first-order valence-electron chi connectivity index (χ1n) is 36.9. The highest BCUT2D eigenvalue weighted by Gasteiger charge is 2.34. The van der Waals surface area contributed by atoms with Crippen molar-refractivity contribution < 1.29 is 40.9 Å². The van der Waals surface area contributed by atoms with Gasteiger partial charge in [-0.25, -0.2) is 0 Å². The summed E-state index contributed by atoms with van der Waals surface area (Å²) in [7, 11) is 0. The second-order valence-corrected chi connectivity index (χ2v) is 19.8. The summed E-state index contributed by atoms with van der Waals surface area (Å²) in [5.41, 5.74) is 10.4. The van der Waals surface area contributed by atoms with Crippen molar-refractivity contribution in [3.63, 3.8) is 0 Å². The third-order valence-electron chi connectivity index (χ3n) is 14.3. The number of allylic oxidation sites excluding steroid dienone is 4. The maximum Gasteiger partial charge on any atom is 0.115 e. The van der Waals surface area contributed by atoms with Crippen LogP contribution >= 0.6 is 0 Å². The smallest absolute Gasteiger partial charge is 0.115 e. The molecule has 0 spiro atoms. The molecule has 8 N–H and O–H groups in total. The Hall–Kier alpha value is -8.36. The van der Waals surface area contributed by atoms with Crippen LogP contribution in [0.5, 0.6) is 46.0 Å². The number of aromatic hydroxyl groups is 8. The van der Waals surface area contributed by atoms with Crippen molar-refractivity contribution in [2.24, 2.45) is 0 Å². The van der Waals surface area contributed by atoms with Crippen LogP contribution in [0.3, 0.4) is 0 Å². The molecule has 0 saturated heterocycles. The van der Waals surface area contributed by atoms with Crippen molar-refractivity contribution in [3.8, 4) is 46.0 Å². The number of hydrogen-bond donors (Lipinski definition) is 8. The van der Waals surface area contributed by atoms with Gasteiger partial charge in [0.05, 0.1) is 0 Å². The zero-order chi connectivity index (χ0) is 75.0. The lowest BCUT2D eigenvalue weighted by Crippen LogP contribution is -2.29. The molecule has 8 nitrogen and oxygen atoms in total. The molecule has 540 valence electrons. The van der Waals surface area contributed by atoms with E-state index in [1.807, 2.05) is 225 Å². The fraction of sp³-hybridized carbons (Fsp3) is 0.416.